The molecule has 1 amide bonds. The molecule has 10 heteroatoms. The molecule has 1 heterocycles. The summed E-state index contributed by atoms with van der Waals surface area (Å²) in [6.45, 7) is -2.34. The summed E-state index contributed by atoms with van der Waals surface area (Å²) in [6, 6.07) is 6.14. The second-order valence-corrected chi connectivity index (χ2v) is 4.90. The zero-order chi connectivity index (χ0) is 17.7. The molecule has 0 radical (unpaired) electrons. The zero-order valence-electron chi connectivity index (χ0n) is 12.4. The quantitative estimate of drug-likeness (QED) is 0.741. The number of aromatic amines is 1. The van der Waals surface area contributed by atoms with E-state index in [9.17, 15) is 27.6 Å². The lowest BCUT2D eigenvalue weighted by Gasteiger charge is -2.09. The Morgan fingerprint density at radius 3 is 2.54 bits per heavy atom. The van der Waals surface area contributed by atoms with Crippen LogP contribution in [0.15, 0.2) is 33.9 Å². The van der Waals surface area contributed by atoms with Gasteiger partial charge in [0.05, 0.1) is 17.4 Å². The monoisotopic (exact) mass is 345 g/mol. The fraction of sp³-hybridized carbons (Fsp3) is 0.357. The first-order valence-electron chi connectivity index (χ1n) is 6.91. The normalized spacial score (nSPS) is 11.6. The molecule has 2 aromatic rings. The highest BCUT2D eigenvalue weighted by Crippen LogP contribution is 2.13. The molecule has 0 bridgehead atoms. The summed E-state index contributed by atoms with van der Waals surface area (Å²) in [7, 11) is 0. The van der Waals surface area contributed by atoms with Crippen LogP contribution in [0.4, 0.5) is 13.2 Å². The summed E-state index contributed by atoms with van der Waals surface area (Å²) >= 11 is 0. The maximum absolute atomic E-state index is 12.2. The molecule has 0 aliphatic heterocycles. The summed E-state index contributed by atoms with van der Waals surface area (Å²) in [5, 5.41) is 4.95. The van der Waals surface area contributed by atoms with Crippen LogP contribution in [-0.4, -0.2) is 41.6 Å². The van der Waals surface area contributed by atoms with E-state index in [-0.39, 0.29) is 23.9 Å². The van der Waals surface area contributed by atoms with Crippen molar-refractivity contribution >= 4 is 16.7 Å². The average Bonchev–Trinajstić information content (AvgIpc) is 2.51. The molecular formula is C14H14F3N3O4. The Labute approximate surface area is 133 Å². The highest BCUT2D eigenvalue weighted by atomic mass is 19.4. The third kappa shape index (κ3) is 4.69. The van der Waals surface area contributed by atoms with Gasteiger partial charge >= 0.3 is 6.18 Å². The molecule has 0 unspecified atom stereocenters. The first kappa shape index (κ1) is 17.7. The van der Waals surface area contributed by atoms with Crippen LogP contribution in [0.25, 0.3) is 10.8 Å². The van der Waals surface area contributed by atoms with Gasteiger partial charge in [-0.3, -0.25) is 19.5 Å². The van der Waals surface area contributed by atoms with Crippen molar-refractivity contribution in [2.45, 2.75) is 12.7 Å². The van der Waals surface area contributed by atoms with Gasteiger partial charge in [0, 0.05) is 6.54 Å². The Hall–Kier alpha value is -2.62. The second kappa shape index (κ2) is 7.30. The number of benzene rings is 1. The number of nitrogens with one attached hydrogen (secondary N) is 2. The number of fused-ring (bicyclic) bond motifs is 1. The van der Waals surface area contributed by atoms with E-state index in [0.717, 1.165) is 4.68 Å². The summed E-state index contributed by atoms with van der Waals surface area (Å²) < 4.78 is 40.7. The van der Waals surface area contributed by atoms with Gasteiger partial charge in [0.15, 0.2) is 0 Å². The third-order valence-electron chi connectivity index (χ3n) is 3.02. The van der Waals surface area contributed by atoms with Crippen molar-refractivity contribution in [3.63, 3.8) is 0 Å². The summed E-state index contributed by atoms with van der Waals surface area (Å²) in [5.74, 6) is -0.640. The molecule has 0 fully saturated rings. The van der Waals surface area contributed by atoms with Gasteiger partial charge in [-0.15, -0.1) is 0 Å². The standard InChI is InChI=1S/C14H14F3N3O4/c15-14(16,17)8-24-6-5-18-11(21)7-20-13(23)10-4-2-1-3-9(10)12(22)19-20/h1-4H,5-8H2,(H,18,21)(H,19,22). The molecule has 0 spiro atoms. The number of carbonyl (C=O) groups excluding carboxylic acids is 1. The van der Waals surface area contributed by atoms with Crippen LogP contribution in [0.2, 0.25) is 0 Å². The van der Waals surface area contributed by atoms with Gasteiger partial charge in [0.1, 0.15) is 13.2 Å². The van der Waals surface area contributed by atoms with Crippen molar-refractivity contribution in [2.75, 3.05) is 19.8 Å². The lowest BCUT2D eigenvalue weighted by Crippen LogP contribution is -2.37. The molecule has 130 valence electrons. The van der Waals surface area contributed by atoms with Crippen molar-refractivity contribution < 1.29 is 22.7 Å². The maximum atomic E-state index is 12.2. The highest BCUT2D eigenvalue weighted by Gasteiger charge is 2.27. The number of ether oxygens (including phenoxy) is 1. The molecule has 0 aliphatic carbocycles. The van der Waals surface area contributed by atoms with E-state index in [1.165, 1.54) is 12.1 Å². The maximum Gasteiger partial charge on any atom is 0.411 e. The summed E-state index contributed by atoms with van der Waals surface area (Å²) in [5.41, 5.74) is -1.07. The molecule has 1 aromatic heterocycles. The Balaban J connectivity index is 1.95. The van der Waals surface area contributed by atoms with E-state index in [2.05, 4.69) is 15.2 Å². The molecule has 1 aromatic carbocycles. The van der Waals surface area contributed by atoms with E-state index >= 15 is 0 Å². The second-order valence-electron chi connectivity index (χ2n) is 4.90. The lowest BCUT2D eigenvalue weighted by atomic mass is 10.2. The van der Waals surface area contributed by atoms with E-state index in [0.29, 0.717) is 0 Å². The van der Waals surface area contributed by atoms with Gasteiger partial charge in [-0.2, -0.15) is 13.2 Å². The average molecular weight is 345 g/mol. The van der Waals surface area contributed by atoms with Crippen LogP contribution < -0.4 is 16.4 Å². The minimum atomic E-state index is -4.43. The summed E-state index contributed by atoms with van der Waals surface area (Å²) in [6.07, 6.45) is -4.43. The van der Waals surface area contributed by atoms with Crippen LogP contribution >= 0.6 is 0 Å². The number of alkyl halides is 3. The third-order valence-corrected chi connectivity index (χ3v) is 3.02. The number of hydrogen-bond donors (Lipinski definition) is 2. The number of H-pyrrole nitrogens is 1. The van der Waals surface area contributed by atoms with E-state index in [4.69, 9.17) is 0 Å². The van der Waals surface area contributed by atoms with E-state index in [1.54, 1.807) is 12.1 Å². The fourth-order valence-corrected chi connectivity index (χ4v) is 2.01. The number of rotatable bonds is 6. The van der Waals surface area contributed by atoms with Crippen LogP contribution in [-0.2, 0) is 16.1 Å². The van der Waals surface area contributed by atoms with Gasteiger partial charge in [-0.1, -0.05) is 12.1 Å². The minimum Gasteiger partial charge on any atom is -0.370 e. The van der Waals surface area contributed by atoms with Gasteiger partial charge in [-0.25, -0.2) is 4.68 Å². The van der Waals surface area contributed by atoms with Crippen molar-refractivity contribution in [1.82, 2.24) is 15.1 Å². The first-order chi connectivity index (χ1) is 11.3. The topological polar surface area (TPSA) is 93.2 Å². The molecule has 0 saturated heterocycles. The van der Waals surface area contributed by atoms with Crippen LogP contribution in [0, 0.1) is 0 Å². The van der Waals surface area contributed by atoms with Gasteiger partial charge in [0.2, 0.25) is 5.91 Å². The molecule has 7 nitrogen and oxygen atoms in total. The molecule has 0 saturated carbocycles. The lowest BCUT2D eigenvalue weighted by molar-refractivity contribution is -0.173. The fourth-order valence-electron chi connectivity index (χ4n) is 2.01. The van der Waals surface area contributed by atoms with Crippen molar-refractivity contribution in [1.29, 1.82) is 0 Å². The number of nitrogens with zero attached hydrogens (tertiary/aromatic N) is 1. The van der Waals surface area contributed by atoms with Crippen LogP contribution in [0.5, 0.6) is 0 Å². The molecule has 0 aliphatic rings. The van der Waals surface area contributed by atoms with Gasteiger partial charge < -0.3 is 10.1 Å². The van der Waals surface area contributed by atoms with Crippen molar-refractivity contribution in [2.24, 2.45) is 0 Å². The number of carbonyl (C=O) groups is 1. The molecular weight excluding hydrogens is 331 g/mol. The number of hydrogen-bond acceptors (Lipinski definition) is 4. The molecule has 2 N–H and O–H groups in total. The molecule has 24 heavy (non-hydrogen) atoms. The van der Waals surface area contributed by atoms with E-state index in [1.807, 2.05) is 0 Å². The highest BCUT2D eigenvalue weighted by molar-refractivity contribution is 5.81. The molecule has 0 atom stereocenters. The van der Waals surface area contributed by atoms with Crippen LogP contribution in [0.1, 0.15) is 0 Å². The Kier molecular flexibility index (Phi) is 5.39. The number of halogens is 3. The van der Waals surface area contributed by atoms with E-state index < -0.39 is 36.4 Å². The largest absolute Gasteiger partial charge is 0.411 e. The first-order valence-corrected chi connectivity index (χ1v) is 6.91. The predicted molar refractivity (Wildman–Crippen MR) is 78.7 cm³/mol. The van der Waals surface area contributed by atoms with Crippen molar-refractivity contribution in [3.8, 4) is 0 Å². The summed E-state index contributed by atoms with van der Waals surface area (Å²) in [4.78, 5) is 35.7. The Morgan fingerprint density at radius 1 is 1.21 bits per heavy atom. The number of aromatic nitrogens is 2. The molecule has 2 rings (SSSR count). The zero-order valence-corrected chi connectivity index (χ0v) is 12.4. The number of amides is 1. The Morgan fingerprint density at radius 2 is 1.88 bits per heavy atom. The minimum absolute atomic E-state index is 0.151. The SMILES string of the molecule is O=C(Cn1[nH]c(=O)c2ccccc2c1=O)NCCOCC(F)(F)F. The Bertz CT molecular complexity index is 841. The van der Waals surface area contributed by atoms with Crippen LogP contribution in [0.3, 0.4) is 0 Å². The van der Waals surface area contributed by atoms with Gasteiger partial charge in [-0.05, 0) is 12.1 Å². The smallest absolute Gasteiger partial charge is 0.370 e. The van der Waals surface area contributed by atoms with Crippen molar-refractivity contribution in [3.05, 3.63) is 45.0 Å². The predicted octanol–water partition coefficient (Wildman–Crippen LogP) is 0.385. The van der Waals surface area contributed by atoms with Gasteiger partial charge in [0.25, 0.3) is 11.1 Å².